The van der Waals surface area contributed by atoms with Crippen LogP contribution in [0.5, 0.6) is 0 Å². The first-order valence-electron chi connectivity index (χ1n) is 15.3. The Bertz CT molecular complexity index is 1220. The Morgan fingerprint density at radius 2 is 1.79 bits per heavy atom. The van der Waals surface area contributed by atoms with Crippen molar-refractivity contribution in [2.24, 2.45) is 5.41 Å². The number of hydrogen-bond donors (Lipinski definition) is 2. The monoisotopic (exact) mass is 582 g/mol. The average Bonchev–Trinajstić information content (AvgIpc) is 3.75. The second kappa shape index (κ2) is 13.8. The zero-order valence-electron chi connectivity index (χ0n) is 25.7. The zero-order valence-corrected chi connectivity index (χ0v) is 25.7. The van der Waals surface area contributed by atoms with Crippen LogP contribution in [0.1, 0.15) is 88.2 Å². The van der Waals surface area contributed by atoms with Crippen LogP contribution >= 0.6 is 0 Å². The Morgan fingerprint density at radius 1 is 1.10 bits per heavy atom. The summed E-state index contributed by atoms with van der Waals surface area (Å²) in [5.74, 6) is -0.765. The SMILES string of the molecule is CN[C@@H](C)C(=O)N[C@H](C(=O)N1CCC[C@H]1CN(CCc1ccc(F)cc1)C(=O)c1cnn(C2CCCC2)c1)C(C)(C)C. The van der Waals surface area contributed by atoms with Gasteiger partial charge in [-0.3, -0.25) is 19.1 Å². The first-order chi connectivity index (χ1) is 20.0. The molecular weight excluding hydrogens is 535 g/mol. The first-order valence-corrected chi connectivity index (χ1v) is 15.3. The highest BCUT2D eigenvalue weighted by Gasteiger charge is 2.41. The second-order valence-corrected chi connectivity index (χ2v) is 12.9. The van der Waals surface area contributed by atoms with Crippen LogP contribution in [0.4, 0.5) is 4.39 Å². The number of hydrogen-bond acceptors (Lipinski definition) is 5. The molecule has 2 heterocycles. The molecule has 2 N–H and O–H groups in total. The minimum Gasteiger partial charge on any atom is -0.342 e. The molecule has 0 unspecified atom stereocenters. The highest BCUT2D eigenvalue weighted by Crippen LogP contribution is 2.30. The van der Waals surface area contributed by atoms with Gasteiger partial charge in [0.1, 0.15) is 11.9 Å². The Balaban J connectivity index is 1.53. The summed E-state index contributed by atoms with van der Waals surface area (Å²) in [6, 6.07) is 5.37. The molecule has 1 saturated carbocycles. The third kappa shape index (κ3) is 7.76. The summed E-state index contributed by atoms with van der Waals surface area (Å²) < 4.78 is 15.4. The van der Waals surface area contributed by atoms with Crippen molar-refractivity contribution in [1.82, 2.24) is 30.2 Å². The molecule has 230 valence electrons. The zero-order chi connectivity index (χ0) is 30.4. The molecule has 0 radical (unpaired) electrons. The lowest BCUT2D eigenvalue weighted by Crippen LogP contribution is -2.59. The van der Waals surface area contributed by atoms with Gasteiger partial charge in [0.25, 0.3) is 5.91 Å². The predicted molar refractivity (Wildman–Crippen MR) is 160 cm³/mol. The summed E-state index contributed by atoms with van der Waals surface area (Å²) in [5, 5.41) is 10.4. The van der Waals surface area contributed by atoms with Crippen molar-refractivity contribution in [1.29, 1.82) is 0 Å². The van der Waals surface area contributed by atoms with Crippen LogP contribution in [0, 0.1) is 11.2 Å². The number of carbonyl (C=O) groups is 3. The van der Waals surface area contributed by atoms with E-state index in [2.05, 4.69) is 15.7 Å². The van der Waals surface area contributed by atoms with Gasteiger partial charge in [-0.2, -0.15) is 5.10 Å². The lowest BCUT2D eigenvalue weighted by molar-refractivity contribution is -0.140. The van der Waals surface area contributed by atoms with Gasteiger partial charge in [-0.1, -0.05) is 45.7 Å². The van der Waals surface area contributed by atoms with Gasteiger partial charge >= 0.3 is 0 Å². The Labute approximate surface area is 249 Å². The van der Waals surface area contributed by atoms with Gasteiger partial charge in [-0.25, -0.2) is 4.39 Å². The molecule has 1 aromatic heterocycles. The number of halogens is 1. The van der Waals surface area contributed by atoms with Gasteiger partial charge in [-0.05, 0) is 69.2 Å². The van der Waals surface area contributed by atoms with Crippen molar-refractivity contribution in [2.75, 3.05) is 26.7 Å². The lowest BCUT2D eigenvalue weighted by Gasteiger charge is -2.37. The Morgan fingerprint density at radius 3 is 2.43 bits per heavy atom. The van der Waals surface area contributed by atoms with E-state index >= 15 is 0 Å². The molecule has 1 aliphatic heterocycles. The molecule has 2 aromatic rings. The summed E-state index contributed by atoms with van der Waals surface area (Å²) in [4.78, 5) is 44.3. The fraction of sp³-hybridized carbons (Fsp3) is 0.625. The van der Waals surface area contributed by atoms with Crippen LogP contribution in [-0.2, 0) is 16.0 Å². The number of nitrogens with zero attached hydrogens (tertiary/aromatic N) is 4. The molecule has 1 saturated heterocycles. The quantitative estimate of drug-likeness (QED) is 0.418. The maximum atomic E-state index is 14.0. The van der Waals surface area contributed by atoms with Crippen LogP contribution in [0.2, 0.25) is 0 Å². The summed E-state index contributed by atoms with van der Waals surface area (Å²) >= 11 is 0. The summed E-state index contributed by atoms with van der Waals surface area (Å²) in [5.41, 5.74) is 0.974. The van der Waals surface area contributed by atoms with Crippen LogP contribution < -0.4 is 10.6 Å². The van der Waals surface area contributed by atoms with E-state index in [1.807, 2.05) is 41.4 Å². The largest absolute Gasteiger partial charge is 0.342 e. The van der Waals surface area contributed by atoms with Crippen LogP contribution in [-0.4, -0.2) is 82.1 Å². The number of likely N-dealkylation sites (N-methyl/N-ethyl adjacent to an activating group) is 1. The number of rotatable bonds is 11. The molecule has 0 spiro atoms. The minimum atomic E-state index is -0.700. The Kier molecular flexibility index (Phi) is 10.4. The number of likely N-dealkylation sites (tertiary alicyclic amines) is 1. The highest BCUT2D eigenvalue weighted by atomic mass is 19.1. The molecule has 10 heteroatoms. The maximum absolute atomic E-state index is 14.0. The van der Waals surface area contributed by atoms with Crippen molar-refractivity contribution in [3.05, 3.63) is 53.6 Å². The summed E-state index contributed by atoms with van der Waals surface area (Å²) in [6.07, 6.45) is 10.2. The molecule has 2 aliphatic rings. The third-order valence-corrected chi connectivity index (χ3v) is 8.74. The maximum Gasteiger partial charge on any atom is 0.257 e. The van der Waals surface area contributed by atoms with Crippen molar-refractivity contribution >= 4 is 17.7 Å². The number of nitrogens with one attached hydrogen (secondary N) is 2. The smallest absolute Gasteiger partial charge is 0.257 e. The molecule has 4 rings (SSSR count). The minimum absolute atomic E-state index is 0.121. The van der Waals surface area contributed by atoms with E-state index in [9.17, 15) is 18.8 Å². The van der Waals surface area contributed by atoms with Crippen LogP contribution in [0.3, 0.4) is 0 Å². The fourth-order valence-corrected chi connectivity index (χ4v) is 5.97. The van der Waals surface area contributed by atoms with E-state index in [0.29, 0.717) is 37.7 Å². The van der Waals surface area contributed by atoms with E-state index in [-0.39, 0.29) is 29.6 Å². The fourth-order valence-electron chi connectivity index (χ4n) is 5.97. The third-order valence-electron chi connectivity index (χ3n) is 8.74. The van der Waals surface area contributed by atoms with Crippen molar-refractivity contribution < 1.29 is 18.8 Å². The second-order valence-electron chi connectivity index (χ2n) is 12.9. The normalized spacial score (nSPS) is 19.1. The van der Waals surface area contributed by atoms with Gasteiger partial charge in [0.2, 0.25) is 11.8 Å². The first kappa shape index (κ1) is 31.7. The average molecular weight is 583 g/mol. The van der Waals surface area contributed by atoms with Gasteiger partial charge in [0.05, 0.1) is 23.8 Å². The summed E-state index contributed by atoms with van der Waals surface area (Å²) in [7, 11) is 1.71. The van der Waals surface area contributed by atoms with Gasteiger partial charge in [0, 0.05) is 31.9 Å². The van der Waals surface area contributed by atoms with Gasteiger partial charge in [0.15, 0.2) is 0 Å². The van der Waals surface area contributed by atoms with Crippen LogP contribution in [0.15, 0.2) is 36.7 Å². The molecule has 9 nitrogen and oxygen atoms in total. The summed E-state index contributed by atoms with van der Waals surface area (Å²) in [6.45, 7) is 8.99. The number of carbonyl (C=O) groups excluding carboxylic acids is 3. The standard InChI is InChI=1S/C32H47FN6O3/c1-22(34-5)29(40)36-28(32(2,3)4)31(42)38-17-8-11-27(38)21-37(18-16-23-12-14-25(33)15-13-23)30(41)24-19-35-39(20-24)26-9-6-7-10-26/h12-15,19-20,22,26-28,34H,6-11,16-18,21H2,1-5H3,(H,36,40)/t22-,27-,28+/m0/s1. The number of aromatic nitrogens is 2. The predicted octanol–water partition coefficient (Wildman–Crippen LogP) is 3.95. The highest BCUT2D eigenvalue weighted by molar-refractivity contribution is 5.94. The molecule has 3 amide bonds. The van der Waals surface area contributed by atoms with Crippen molar-refractivity contribution in [2.45, 2.75) is 96.8 Å². The van der Waals surface area contributed by atoms with Crippen LogP contribution in [0.25, 0.3) is 0 Å². The molecule has 3 atom stereocenters. The molecular formula is C32H47FN6O3. The van der Waals surface area contributed by atoms with E-state index < -0.39 is 17.5 Å². The van der Waals surface area contributed by atoms with Gasteiger partial charge < -0.3 is 20.4 Å². The number of benzene rings is 1. The molecule has 1 aliphatic carbocycles. The number of amides is 3. The molecule has 1 aromatic carbocycles. The van der Waals surface area contributed by atoms with E-state index in [1.54, 1.807) is 32.3 Å². The van der Waals surface area contributed by atoms with Crippen molar-refractivity contribution in [3.8, 4) is 0 Å². The Hall–Kier alpha value is -3.27. The molecule has 42 heavy (non-hydrogen) atoms. The van der Waals surface area contributed by atoms with E-state index in [0.717, 1.165) is 31.2 Å². The van der Waals surface area contributed by atoms with E-state index in [4.69, 9.17) is 0 Å². The van der Waals surface area contributed by atoms with Gasteiger partial charge in [-0.15, -0.1) is 0 Å². The van der Waals surface area contributed by atoms with E-state index in [1.165, 1.54) is 25.0 Å². The lowest BCUT2D eigenvalue weighted by atomic mass is 9.85. The molecule has 0 bridgehead atoms. The molecule has 2 fully saturated rings. The topological polar surface area (TPSA) is 99.6 Å². The van der Waals surface area contributed by atoms with Crippen molar-refractivity contribution in [3.63, 3.8) is 0 Å².